The van der Waals surface area contributed by atoms with E-state index in [1.807, 2.05) is 24.3 Å². The van der Waals surface area contributed by atoms with Gasteiger partial charge in [0.15, 0.2) is 0 Å². The number of hydrogen-bond acceptors (Lipinski definition) is 4. The van der Waals surface area contributed by atoms with Crippen molar-refractivity contribution >= 4 is 11.7 Å². The van der Waals surface area contributed by atoms with Crippen molar-refractivity contribution in [2.45, 2.75) is 13.0 Å². The van der Waals surface area contributed by atoms with Gasteiger partial charge in [0.05, 0.1) is 25.8 Å². The molecule has 2 rings (SSSR count). The van der Waals surface area contributed by atoms with Gasteiger partial charge in [-0.15, -0.1) is 0 Å². The molecule has 1 aromatic carbocycles. The summed E-state index contributed by atoms with van der Waals surface area (Å²) in [4.78, 5) is 23.3. The highest BCUT2D eigenvalue weighted by atomic mass is 16.5. The largest absolute Gasteiger partial charge is 0.469 e. The number of carbonyl (C=O) groups is 1. The molecule has 1 aromatic heterocycles. The quantitative estimate of drug-likeness (QED) is 0.848. The number of carbonyl (C=O) groups excluding carboxylic acids is 1. The van der Waals surface area contributed by atoms with E-state index in [9.17, 15) is 9.59 Å². The normalized spacial score (nSPS) is 10.2. The highest BCUT2D eigenvalue weighted by Crippen LogP contribution is 2.11. The van der Waals surface area contributed by atoms with Crippen molar-refractivity contribution in [2.75, 3.05) is 12.8 Å². The van der Waals surface area contributed by atoms with Gasteiger partial charge < -0.3 is 15.0 Å². The molecule has 0 aliphatic rings. The van der Waals surface area contributed by atoms with E-state index in [0.717, 1.165) is 11.1 Å². The average molecular weight is 272 g/mol. The van der Waals surface area contributed by atoms with Crippen molar-refractivity contribution in [2.24, 2.45) is 0 Å². The maximum atomic E-state index is 11.9. The van der Waals surface area contributed by atoms with Crippen LogP contribution in [0.2, 0.25) is 0 Å². The van der Waals surface area contributed by atoms with E-state index in [0.29, 0.717) is 6.54 Å². The zero-order chi connectivity index (χ0) is 14.5. The minimum absolute atomic E-state index is 0.184. The van der Waals surface area contributed by atoms with E-state index in [1.54, 1.807) is 18.3 Å². The predicted octanol–water partition coefficient (Wildman–Crippen LogP) is 1.19. The van der Waals surface area contributed by atoms with Crippen molar-refractivity contribution in [1.82, 2.24) is 4.57 Å². The Labute approximate surface area is 116 Å². The SMILES string of the molecule is COC(=O)Cc1ccccc1Cn1cccc(N)c1=O. The van der Waals surface area contributed by atoms with E-state index in [1.165, 1.54) is 11.7 Å². The number of nitrogens with two attached hydrogens (primary N) is 1. The number of aromatic nitrogens is 1. The molecule has 20 heavy (non-hydrogen) atoms. The second kappa shape index (κ2) is 6.06. The average Bonchev–Trinajstić information content (AvgIpc) is 2.45. The van der Waals surface area contributed by atoms with Gasteiger partial charge in [0.25, 0.3) is 5.56 Å². The van der Waals surface area contributed by atoms with Gasteiger partial charge in [0.1, 0.15) is 0 Å². The summed E-state index contributed by atoms with van der Waals surface area (Å²) in [6.45, 7) is 0.372. The van der Waals surface area contributed by atoms with Crippen molar-refractivity contribution < 1.29 is 9.53 Å². The Morgan fingerprint density at radius 3 is 2.60 bits per heavy atom. The van der Waals surface area contributed by atoms with E-state index < -0.39 is 0 Å². The first-order valence-corrected chi connectivity index (χ1v) is 6.20. The number of nitrogens with zero attached hydrogens (tertiary/aromatic N) is 1. The lowest BCUT2D eigenvalue weighted by molar-refractivity contribution is -0.139. The van der Waals surface area contributed by atoms with Gasteiger partial charge in [-0.3, -0.25) is 9.59 Å². The highest BCUT2D eigenvalue weighted by Gasteiger charge is 2.09. The molecule has 0 aliphatic carbocycles. The van der Waals surface area contributed by atoms with Crippen LogP contribution in [0, 0.1) is 0 Å². The maximum Gasteiger partial charge on any atom is 0.309 e. The molecule has 0 atom stereocenters. The van der Waals surface area contributed by atoms with Gasteiger partial charge >= 0.3 is 5.97 Å². The van der Waals surface area contributed by atoms with Crippen LogP contribution in [0.1, 0.15) is 11.1 Å². The fraction of sp³-hybridized carbons (Fsp3) is 0.200. The molecule has 5 nitrogen and oxygen atoms in total. The standard InChI is InChI=1S/C15H16N2O3/c1-20-14(18)9-11-5-2-3-6-12(11)10-17-8-4-7-13(16)15(17)19/h2-8H,9-10,16H2,1H3. The van der Waals surface area contributed by atoms with Crippen LogP contribution in [0.3, 0.4) is 0 Å². The molecular weight excluding hydrogens is 256 g/mol. The summed E-state index contributed by atoms with van der Waals surface area (Å²) in [5, 5.41) is 0. The van der Waals surface area contributed by atoms with Gasteiger partial charge in [-0.2, -0.15) is 0 Å². The first-order chi connectivity index (χ1) is 9.61. The Bertz CT molecular complexity index is 677. The van der Waals surface area contributed by atoms with Crippen molar-refractivity contribution in [1.29, 1.82) is 0 Å². The molecule has 104 valence electrons. The molecule has 0 saturated heterocycles. The molecule has 0 bridgehead atoms. The van der Waals surface area contributed by atoms with Crippen molar-refractivity contribution in [3.05, 3.63) is 64.1 Å². The predicted molar refractivity (Wildman–Crippen MR) is 76.4 cm³/mol. The molecule has 2 aromatic rings. The highest BCUT2D eigenvalue weighted by molar-refractivity contribution is 5.72. The number of nitrogen functional groups attached to an aromatic ring is 1. The number of ether oxygens (including phenoxy) is 1. The summed E-state index contributed by atoms with van der Waals surface area (Å²) in [5.74, 6) is -0.308. The molecule has 0 aliphatic heterocycles. The van der Waals surface area contributed by atoms with E-state index in [4.69, 9.17) is 5.73 Å². The molecule has 0 saturated carbocycles. The Balaban J connectivity index is 2.32. The minimum Gasteiger partial charge on any atom is -0.469 e. The van der Waals surface area contributed by atoms with Gasteiger partial charge in [0, 0.05) is 6.20 Å². The fourth-order valence-corrected chi connectivity index (χ4v) is 1.98. The summed E-state index contributed by atoms with van der Waals surface area (Å²) in [6.07, 6.45) is 1.86. The lowest BCUT2D eigenvalue weighted by atomic mass is 10.0. The number of methoxy groups -OCH3 is 1. The number of anilines is 1. The van der Waals surface area contributed by atoms with Crippen LogP contribution in [0.15, 0.2) is 47.4 Å². The smallest absolute Gasteiger partial charge is 0.309 e. The van der Waals surface area contributed by atoms with Crippen LogP contribution in [-0.2, 0) is 22.5 Å². The van der Waals surface area contributed by atoms with Crippen LogP contribution >= 0.6 is 0 Å². The van der Waals surface area contributed by atoms with Crippen LogP contribution in [0.25, 0.3) is 0 Å². The monoisotopic (exact) mass is 272 g/mol. The third-order valence-corrected chi connectivity index (χ3v) is 3.07. The third-order valence-electron chi connectivity index (χ3n) is 3.07. The van der Waals surface area contributed by atoms with E-state index in [2.05, 4.69) is 4.74 Å². The number of hydrogen-bond donors (Lipinski definition) is 1. The number of esters is 1. The molecule has 0 spiro atoms. The summed E-state index contributed by atoms with van der Waals surface area (Å²) in [6, 6.07) is 10.7. The first kappa shape index (κ1) is 13.9. The second-order valence-electron chi connectivity index (χ2n) is 4.42. The fourth-order valence-electron chi connectivity index (χ4n) is 1.98. The van der Waals surface area contributed by atoms with Crippen LogP contribution in [-0.4, -0.2) is 17.6 Å². The molecule has 5 heteroatoms. The zero-order valence-electron chi connectivity index (χ0n) is 11.2. The Hall–Kier alpha value is -2.56. The summed E-state index contributed by atoms with van der Waals surface area (Å²) < 4.78 is 6.19. The number of pyridine rings is 1. The molecule has 0 radical (unpaired) electrons. The molecule has 0 amide bonds. The molecule has 1 heterocycles. The lowest BCUT2D eigenvalue weighted by Crippen LogP contribution is -2.23. The zero-order valence-corrected chi connectivity index (χ0v) is 11.2. The van der Waals surface area contributed by atoms with Crippen LogP contribution < -0.4 is 11.3 Å². The third kappa shape index (κ3) is 3.06. The van der Waals surface area contributed by atoms with Gasteiger partial charge in [-0.25, -0.2) is 0 Å². The summed E-state index contributed by atoms with van der Waals surface area (Å²) in [7, 11) is 1.35. The minimum atomic E-state index is -0.308. The van der Waals surface area contributed by atoms with E-state index in [-0.39, 0.29) is 23.6 Å². The summed E-state index contributed by atoms with van der Waals surface area (Å²) >= 11 is 0. The lowest BCUT2D eigenvalue weighted by Gasteiger charge is -2.11. The Kier molecular flexibility index (Phi) is 4.20. The molecule has 2 N–H and O–H groups in total. The molecular formula is C15H16N2O3. The topological polar surface area (TPSA) is 74.3 Å². The number of benzene rings is 1. The Morgan fingerprint density at radius 1 is 1.20 bits per heavy atom. The Morgan fingerprint density at radius 2 is 1.90 bits per heavy atom. The van der Waals surface area contributed by atoms with Gasteiger partial charge in [-0.05, 0) is 23.3 Å². The van der Waals surface area contributed by atoms with Gasteiger partial charge in [-0.1, -0.05) is 24.3 Å². The van der Waals surface area contributed by atoms with Gasteiger partial charge in [0.2, 0.25) is 0 Å². The van der Waals surface area contributed by atoms with Crippen LogP contribution in [0.4, 0.5) is 5.69 Å². The van der Waals surface area contributed by atoms with Crippen molar-refractivity contribution in [3.8, 4) is 0 Å². The second-order valence-corrected chi connectivity index (χ2v) is 4.42. The van der Waals surface area contributed by atoms with Crippen molar-refractivity contribution in [3.63, 3.8) is 0 Å². The summed E-state index contributed by atoms with van der Waals surface area (Å²) in [5.41, 5.74) is 7.31. The first-order valence-electron chi connectivity index (χ1n) is 6.20. The molecule has 0 unspecified atom stereocenters. The maximum absolute atomic E-state index is 11.9. The van der Waals surface area contributed by atoms with E-state index >= 15 is 0 Å². The molecule has 0 fully saturated rings. The number of rotatable bonds is 4. The van der Waals surface area contributed by atoms with Crippen LogP contribution in [0.5, 0.6) is 0 Å².